The van der Waals surface area contributed by atoms with Crippen LogP contribution in [0.25, 0.3) is 0 Å². The number of rotatable bonds is 4. The third kappa shape index (κ3) is 5.11. The van der Waals surface area contributed by atoms with Gasteiger partial charge in [0.2, 0.25) is 10.0 Å². The number of aliphatic hydroxyl groups is 1. The lowest BCUT2D eigenvalue weighted by Gasteiger charge is -2.13. The summed E-state index contributed by atoms with van der Waals surface area (Å²) < 4.78 is 25.3. The molecule has 5 nitrogen and oxygen atoms in total. The number of sulfonamides is 1. The molecule has 0 aromatic heterocycles. The quantitative estimate of drug-likeness (QED) is 0.786. The Morgan fingerprint density at radius 2 is 2.00 bits per heavy atom. The molecule has 0 fully saturated rings. The normalized spacial score (nSPS) is 12.1. The van der Waals surface area contributed by atoms with E-state index in [4.69, 9.17) is 10.4 Å². The summed E-state index contributed by atoms with van der Waals surface area (Å²) in [4.78, 5) is 0. The zero-order chi connectivity index (χ0) is 14.3. The lowest BCUT2D eigenvalue weighted by Crippen LogP contribution is -2.28. The lowest BCUT2D eigenvalue weighted by atomic mass is 10.1. The van der Waals surface area contributed by atoms with Crippen molar-refractivity contribution >= 4 is 10.0 Å². The summed E-state index contributed by atoms with van der Waals surface area (Å²) in [6.45, 7) is 1.50. The summed E-state index contributed by atoms with van der Waals surface area (Å²) in [6, 6.07) is 8.17. The van der Waals surface area contributed by atoms with E-state index >= 15 is 0 Å². The van der Waals surface area contributed by atoms with E-state index in [2.05, 4.69) is 16.6 Å². The highest BCUT2D eigenvalue weighted by atomic mass is 32.2. The van der Waals surface area contributed by atoms with Gasteiger partial charge in [-0.2, -0.15) is 5.26 Å². The van der Waals surface area contributed by atoms with Crippen LogP contribution in [0.4, 0.5) is 0 Å². The van der Waals surface area contributed by atoms with E-state index in [1.165, 1.54) is 0 Å². The van der Waals surface area contributed by atoms with Crippen molar-refractivity contribution < 1.29 is 13.5 Å². The summed E-state index contributed by atoms with van der Waals surface area (Å²) in [5, 5.41) is 17.0. The maximum absolute atomic E-state index is 11.4. The third-order valence-corrected chi connectivity index (χ3v) is 3.56. The van der Waals surface area contributed by atoms with E-state index in [-0.39, 0.29) is 6.61 Å². The van der Waals surface area contributed by atoms with Crippen molar-refractivity contribution in [3.05, 3.63) is 35.4 Å². The average molecular weight is 278 g/mol. The van der Waals surface area contributed by atoms with Crippen molar-refractivity contribution in [2.75, 3.05) is 12.4 Å². The smallest absolute Gasteiger partial charge is 0.225 e. The Bertz CT molecular complexity index is 619. The van der Waals surface area contributed by atoms with Crippen molar-refractivity contribution in [3.63, 3.8) is 0 Å². The molecule has 1 rings (SSSR count). The Balaban J connectivity index is 2.79. The van der Waals surface area contributed by atoms with Crippen LogP contribution in [0.15, 0.2) is 24.3 Å². The van der Waals surface area contributed by atoms with Gasteiger partial charge in [-0.25, -0.2) is 13.1 Å². The first-order valence-corrected chi connectivity index (χ1v) is 7.20. The highest BCUT2D eigenvalue weighted by molar-refractivity contribution is 7.89. The van der Waals surface area contributed by atoms with Gasteiger partial charge in [-0.1, -0.05) is 24.0 Å². The number of benzene rings is 1. The molecule has 6 heteroatoms. The van der Waals surface area contributed by atoms with Crippen LogP contribution in [0.1, 0.15) is 24.1 Å². The second-order valence-electron chi connectivity index (χ2n) is 3.84. The Kier molecular flexibility index (Phi) is 5.53. The minimum atomic E-state index is -3.58. The van der Waals surface area contributed by atoms with Crippen LogP contribution in [-0.2, 0) is 10.0 Å². The molecular weight excluding hydrogens is 264 g/mol. The molecule has 0 saturated carbocycles. The monoisotopic (exact) mass is 278 g/mol. The first kappa shape index (κ1) is 15.2. The molecule has 0 saturated heterocycles. The van der Waals surface area contributed by atoms with E-state index in [1.54, 1.807) is 37.3 Å². The summed E-state index contributed by atoms with van der Waals surface area (Å²) in [6.07, 6.45) is 0. The fourth-order valence-electron chi connectivity index (χ4n) is 1.46. The molecule has 0 aliphatic carbocycles. The van der Waals surface area contributed by atoms with Gasteiger partial charge in [0.25, 0.3) is 0 Å². The SMILES string of the molecule is CC(NS(=O)(=O)CC#N)c1ccc(C#CCO)cc1. The van der Waals surface area contributed by atoms with Gasteiger partial charge >= 0.3 is 0 Å². The van der Waals surface area contributed by atoms with E-state index in [1.807, 2.05) is 0 Å². The second-order valence-corrected chi connectivity index (χ2v) is 5.59. The van der Waals surface area contributed by atoms with Crippen LogP contribution in [-0.4, -0.2) is 25.9 Å². The van der Waals surface area contributed by atoms with Crippen molar-refractivity contribution in [1.82, 2.24) is 4.72 Å². The van der Waals surface area contributed by atoms with E-state index in [0.717, 1.165) is 11.1 Å². The first-order chi connectivity index (χ1) is 8.98. The number of nitrogens with one attached hydrogen (secondary N) is 1. The van der Waals surface area contributed by atoms with Gasteiger partial charge in [-0.15, -0.1) is 0 Å². The Morgan fingerprint density at radius 1 is 1.37 bits per heavy atom. The molecule has 1 aromatic rings. The van der Waals surface area contributed by atoms with Crippen molar-refractivity contribution in [3.8, 4) is 17.9 Å². The van der Waals surface area contributed by atoms with Gasteiger partial charge in [0.1, 0.15) is 6.61 Å². The van der Waals surface area contributed by atoms with Gasteiger partial charge in [-0.3, -0.25) is 0 Å². The molecule has 1 aromatic carbocycles. The van der Waals surface area contributed by atoms with Crippen LogP contribution in [0, 0.1) is 23.2 Å². The van der Waals surface area contributed by atoms with E-state index in [0.29, 0.717) is 0 Å². The summed E-state index contributed by atoms with van der Waals surface area (Å²) in [5.41, 5.74) is 1.51. The minimum Gasteiger partial charge on any atom is -0.384 e. The van der Waals surface area contributed by atoms with Crippen molar-refractivity contribution in [2.45, 2.75) is 13.0 Å². The standard InChI is InChI=1S/C13H14N2O3S/c1-11(15-19(17,18)10-8-14)13-6-4-12(5-7-13)3-2-9-16/h4-7,11,15-16H,9-10H2,1H3. The Labute approximate surface area is 112 Å². The molecule has 2 N–H and O–H groups in total. The molecule has 1 atom stereocenters. The highest BCUT2D eigenvalue weighted by Gasteiger charge is 2.14. The third-order valence-electron chi connectivity index (χ3n) is 2.33. The molecule has 1 unspecified atom stereocenters. The lowest BCUT2D eigenvalue weighted by molar-refractivity contribution is 0.350. The van der Waals surface area contributed by atoms with Gasteiger partial charge in [-0.05, 0) is 24.6 Å². The molecular formula is C13H14N2O3S. The van der Waals surface area contributed by atoms with Crippen LogP contribution in [0.2, 0.25) is 0 Å². The summed E-state index contributed by atoms with van der Waals surface area (Å²) >= 11 is 0. The number of hydrogen-bond acceptors (Lipinski definition) is 4. The van der Waals surface area contributed by atoms with Crippen molar-refractivity contribution in [2.24, 2.45) is 0 Å². The van der Waals surface area contributed by atoms with Crippen LogP contribution in [0.5, 0.6) is 0 Å². The zero-order valence-electron chi connectivity index (χ0n) is 10.4. The van der Waals surface area contributed by atoms with Crippen LogP contribution >= 0.6 is 0 Å². The summed E-state index contributed by atoms with van der Waals surface area (Å²) in [5.74, 6) is 4.72. The fraction of sp³-hybridized carbons (Fsp3) is 0.308. The molecule has 100 valence electrons. The molecule has 0 bridgehead atoms. The second kappa shape index (κ2) is 6.91. The average Bonchev–Trinajstić information content (AvgIpc) is 2.36. The van der Waals surface area contributed by atoms with Crippen LogP contribution < -0.4 is 4.72 Å². The number of hydrogen-bond donors (Lipinski definition) is 2. The van der Waals surface area contributed by atoms with Gasteiger partial charge in [0.05, 0.1) is 6.07 Å². The molecule has 0 radical (unpaired) electrons. The zero-order valence-corrected chi connectivity index (χ0v) is 11.2. The maximum atomic E-state index is 11.4. The minimum absolute atomic E-state index is 0.202. The number of nitrogens with zero attached hydrogens (tertiary/aromatic N) is 1. The number of nitriles is 1. The summed E-state index contributed by atoms with van der Waals surface area (Å²) in [7, 11) is -3.58. The van der Waals surface area contributed by atoms with Gasteiger partial charge < -0.3 is 5.11 Å². The molecule has 0 spiro atoms. The van der Waals surface area contributed by atoms with Crippen molar-refractivity contribution in [1.29, 1.82) is 5.26 Å². The maximum Gasteiger partial charge on any atom is 0.225 e. The molecule has 0 aliphatic heterocycles. The Hall–Kier alpha value is -1.86. The van der Waals surface area contributed by atoms with Gasteiger partial charge in [0.15, 0.2) is 5.75 Å². The molecule has 19 heavy (non-hydrogen) atoms. The van der Waals surface area contributed by atoms with E-state index < -0.39 is 21.8 Å². The Morgan fingerprint density at radius 3 is 2.53 bits per heavy atom. The fourth-order valence-corrected chi connectivity index (χ4v) is 2.39. The molecule has 0 amide bonds. The predicted molar refractivity (Wildman–Crippen MR) is 71.4 cm³/mol. The molecule has 0 aliphatic rings. The highest BCUT2D eigenvalue weighted by Crippen LogP contribution is 2.14. The predicted octanol–water partition coefficient (Wildman–Crippen LogP) is 0.534. The van der Waals surface area contributed by atoms with Crippen LogP contribution in [0.3, 0.4) is 0 Å². The number of aliphatic hydroxyl groups excluding tert-OH is 1. The first-order valence-electron chi connectivity index (χ1n) is 5.55. The van der Waals surface area contributed by atoms with Gasteiger partial charge in [0, 0.05) is 11.6 Å². The van der Waals surface area contributed by atoms with E-state index in [9.17, 15) is 8.42 Å². The topological polar surface area (TPSA) is 90.2 Å². The largest absolute Gasteiger partial charge is 0.384 e. The molecule has 0 heterocycles.